The molecule has 9 heteroatoms. The van der Waals surface area contributed by atoms with Crippen molar-refractivity contribution in [2.24, 2.45) is 5.16 Å². The van der Waals surface area contributed by atoms with Crippen LogP contribution in [0, 0.1) is 0 Å². The zero-order chi connectivity index (χ0) is 16.8. The fourth-order valence-electron chi connectivity index (χ4n) is 2.17. The van der Waals surface area contributed by atoms with Crippen LogP contribution in [0.4, 0.5) is 0 Å². The summed E-state index contributed by atoms with van der Waals surface area (Å²) >= 11 is 0. The first-order valence-corrected chi connectivity index (χ1v) is 10.7. The van der Waals surface area contributed by atoms with Crippen LogP contribution < -0.4 is 0 Å². The van der Waals surface area contributed by atoms with E-state index < -0.39 is 23.4 Å². The second-order valence-electron chi connectivity index (χ2n) is 4.99. The minimum absolute atomic E-state index is 0.299. The van der Waals surface area contributed by atoms with E-state index in [-0.39, 0.29) is 0 Å². The van der Waals surface area contributed by atoms with Gasteiger partial charge in [-0.2, -0.15) is 8.42 Å². The van der Waals surface area contributed by atoms with Crippen LogP contribution >= 0.6 is 7.60 Å². The Kier molecular flexibility index (Phi) is 7.25. The van der Waals surface area contributed by atoms with Crippen LogP contribution in [0.15, 0.2) is 16.8 Å². The molecule has 0 N–H and O–H groups in total. The smallest absolute Gasteiger partial charge is 0.308 e. The Morgan fingerprint density at radius 2 is 1.86 bits per heavy atom. The summed E-state index contributed by atoms with van der Waals surface area (Å²) in [6.45, 7) is 5.92. The number of rotatable bonds is 8. The molecule has 7 nitrogen and oxygen atoms in total. The van der Waals surface area contributed by atoms with Crippen molar-refractivity contribution < 1.29 is 26.3 Å². The third-order valence-electron chi connectivity index (χ3n) is 3.17. The summed E-state index contributed by atoms with van der Waals surface area (Å²) in [5, 5.41) is 3.64. The quantitative estimate of drug-likeness (QED) is 0.492. The van der Waals surface area contributed by atoms with E-state index in [2.05, 4.69) is 9.44 Å². The highest BCUT2D eigenvalue weighted by atomic mass is 32.2. The number of nitrogens with zero attached hydrogens (tertiary/aromatic N) is 1. The summed E-state index contributed by atoms with van der Waals surface area (Å²) in [5.74, 6) is 0. The molecule has 0 aromatic rings. The van der Waals surface area contributed by atoms with E-state index in [4.69, 9.17) is 9.05 Å². The zero-order valence-corrected chi connectivity index (χ0v) is 15.2. The van der Waals surface area contributed by atoms with Crippen LogP contribution in [0.3, 0.4) is 0 Å². The SMILES string of the molecule is CCOP(=O)(OCC)C(C)C1=C/C(=N\OS(C)(=O)=O)CCC1. The normalized spacial score (nSPS) is 19.8. The lowest BCUT2D eigenvalue weighted by Crippen LogP contribution is -2.17. The second kappa shape index (κ2) is 8.24. The molecule has 0 amide bonds. The second-order valence-corrected chi connectivity index (χ2v) is 8.91. The van der Waals surface area contributed by atoms with Gasteiger partial charge in [0.1, 0.15) is 0 Å². The molecule has 1 aliphatic rings. The lowest BCUT2D eigenvalue weighted by atomic mass is 9.96. The standard InChI is InChI=1S/C13H24NO6PS/c1-5-18-21(15,19-6-2)11(3)12-8-7-9-13(10-12)14-20-22(4,16)17/h10-11H,5-9H2,1-4H3/b14-13-. The van der Waals surface area contributed by atoms with Crippen LogP contribution in [0.1, 0.15) is 40.0 Å². The van der Waals surface area contributed by atoms with Gasteiger partial charge in [-0.25, -0.2) is 0 Å². The molecule has 0 radical (unpaired) electrons. The fraction of sp³-hybridized carbons (Fsp3) is 0.769. The number of hydrogen-bond acceptors (Lipinski definition) is 7. The van der Waals surface area contributed by atoms with E-state index >= 15 is 0 Å². The van der Waals surface area contributed by atoms with Crippen LogP contribution in [0.2, 0.25) is 0 Å². The van der Waals surface area contributed by atoms with Crippen LogP contribution in [-0.2, 0) is 28.0 Å². The number of oxime groups is 1. The Morgan fingerprint density at radius 3 is 2.36 bits per heavy atom. The zero-order valence-electron chi connectivity index (χ0n) is 13.4. The van der Waals surface area contributed by atoms with Gasteiger partial charge < -0.3 is 9.05 Å². The average Bonchev–Trinajstić information content (AvgIpc) is 2.44. The van der Waals surface area contributed by atoms with Crippen molar-refractivity contribution in [3.8, 4) is 0 Å². The molecule has 0 fully saturated rings. The van der Waals surface area contributed by atoms with Gasteiger partial charge in [-0.1, -0.05) is 10.7 Å². The molecule has 0 saturated carbocycles. The van der Waals surface area contributed by atoms with E-state index in [1.54, 1.807) is 26.8 Å². The molecule has 0 aromatic carbocycles. The Balaban J connectivity index is 2.98. The first-order chi connectivity index (χ1) is 10.2. The Labute approximate surface area is 132 Å². The molecule has 0 bridgehead atoms. The van der Waals surface area contributed by atoms with Gasteiger partial charge in [-0.05, 0) is 46.1 Å². The summed E-state index contributed by atoms with van der Waals surface area (Å²) in [7, 11) is -6.87. The molecule has 22 heavy (non-hydrogen) atoms. The van der Waals surface area contributed by atoms with Crippen LogP contribution in [-0.4, -0.2) is 39.3 Å². The predicted octanol–water partition coefficient (Wildman–Crippen LogP) is 3.08. The van der Waals surface area contributed by atoms with Crippen molar-refractivity contribution in [2.75, 3.05) is 19.5 Å². The maximum atomic E-state index is 12.8. The van der Waals surface area contributed by atoms with Crippen LogP contribution in [0.25, 0.3) is 0 Å². The Morgan fingerprint density at radius 1 is 1.27 bits per heavy atom. The van der Waals surface area contributed by atoms with Gasteiger partial charge in [-0.15, -0.1) is 0 Å². The largest absolute Gasteiger partial charge is 0.337 e. The van der Waals surface area contributed by atoms with Gasteiger partial charge in [0, 0.05) is 0 Å². The van der Waals surface area contributed by atoms with Gasteiger partial charge in [0.25, 0.3) is 0 Å². The molecule has 128 valence electrons. The van der Waals surface area contributed by atoms with Crippen molar-refractivity contribution in [3.05, 3.63) is 11.6 Å². The average molecular weight is 353 g/mol. The molecule has 1 unspecified atom stereocenters. The molecule has 1 rings (SSSR count). The molecule has 1 aliphatic carbocycles. The van der Waals surface area contributed by atoms with E-state index in [0.29, 0.717) is 25.3 Å². The van der Waals surface area contributed by atoms with E-state index in [1.165, 1.54) is 0 Å². The fourth-order valence-corrected chi connectivity index (χ4v) is 4.26. The molecule has 0 spiro atoms. The minimum atomic E-state index is -3.63. The first-order valence-electron chi connectivity index (χ1n) is 7.26. The van der Waals surface area contributed by atoms with Crippen LogP contribution in [0.5, 0.6) is 0 Å². The number of hydrogen-bond donors (Lipinski definition) is 0. The van der Waals surface area contributed by atoms with Crippen molar-refractivity contribution in [2.45, 2.75) is 45.7 Å². The van der Waals surface area contributed by atoms with Gasteiger partial charge in [0.2, 0.25) is 0 Å². The minimum Gasteiger partial charge on any atom is -0.308 e. The molecule has 0 aromatic heterocycles. The van der Waals surface area contributed by atoms with Gasteiger partial charge in [0.05, 0.1) is 30.8 Å². The Hall–Kier alpha value is -0.690. The van der Waals surface area contributed by atoms with Gasteiger partial charge in [-0.3, -0.25) is 8.85 Å². The highest BCUT2D eigenvalue weighted by Crippen LogP contribution is 2.56. The summed E-state index contributed by atoms with van der Waals surface area (Å²) in [4.78, 5) is 0. The molecule has 0 aliphatic heterocycles. The monoisotopic (exact) mass is 353 g/mol. The molecule has 0 saturated heterocycles. The summed E-state index contributed by atoms with van der Waals surface area (Å²) in [6.07, 6.45) is 4.79. The Bertz CT molecular complexity index is 573. The van der Waals surface area contributed by atoms with E-state index in [0.717, 1.165) is 24.7 Å². The third kappa shape index (κ3) is 5.83. The topological polar surface area (TPSA) is 91.3 Å². The highest BCUT2D eigenvalue weighted by molar-refractivity contribution is 7.85. The van der Waals surface area contributed by atoms with Crippen molar-refractivity contribution in [1.29, 1.82) is 0 Å². The molecule has 0 heterocycles. The first kappa shape index (κ1) is 19.4. The summed E-state index contributed by atoms with van der Waals surface area (Å²) in [5.41, 5.74) is 0.974. The lowest BCUT2D eigenvalue weighted by Gasteiger charge is -2.27. The summed E-state index contributed by atoms with van der Waals surface area (Å²) in [6, 6.07) is 0. The third-order valence-corrected chi connectivity index (χ3v) is 6.03. The molecule has 1 atom stereocenters. The lowest BCUT2D eigenvalue weighted by molar-refractivity contribution is 0.215. The van der Waals surface area contributed by atoms with E-state index in [1.807, 2.05) is 0 Å². The maximum Gasteiger partial charge on any atom is 0.337 e. The van der Waals surface area contributed by atoms with Gasteiger partial charge >= 0.3 is 17.7 Å². The van der Waals surface area contributed by atoms with Crippen molar-refractivity contribution >= 4 is 23.4 Å². The highest BCUT2D eigenvalue weighted by Gasteiger charge is 2.35. The molecular formula is C13H24NO6PS. The molecular weight excluding hydrogens is 329 g/mol. The number of allylic oxidation sites excluding steroid dienone is 2. The van der Waals surface area contributed by atoms with Crippen molar-refractivity contribution in [3.63, 3.8) is 0 Å². The van der Waals surface area contributed by atoms with Gasteiger partial charge in [0.15, 0.2) is 0 Å². The maximum absolute atomic E-state index is 12.8. The van der Waals surface area contributed by atoms with Crippen molar-refractivity contribution in [1.82, 2.24) is 0 Å². The van der Waals surface area contributed by atoms with E-state index in [9.17, 15) is 13.0 Å². The predicted molar refractivity (Wildman–Crippen MR) is 85.6 cm³/mol. The summed E-state index contributed by atoms with van der Waals surface area (Å²) < 4.78 is 49.9.